The summed E-state index contributed by atoms with van der Waals surface area (Å²) >= 11 is 4.91. The van der Waals surface area contributed by atoms with Crippen LogP contribution in [0.2, 0.25) is 0 Å². The molecule has 0 aromatic carbocycles. The van der Waals surface area contributed by atoms with E-state index in [2.05, 4.69) is 30.2 Å². The Morgan fingerprint density at radius 2 is 2.69 bits per heavy atom. The van der Waals surface area contributed by atoms with Crippen LogP contribution >= 0.6 is 27.5 Å². The van der Waals surface area contributed by atoms with Crippen LogP contribution in [0.1, 0.15) is 0 Å². The van der Waals surface area contributed by atoms with Crippen molar-refractivity contribution in [2.24, 2.45) is 0 Å². The molecule has 0 radical (unpaired) electrons. The highest BCUT2D eigenvalue weighted by atomic mass is 79.9. The zero-order chi connectivity index (χ0) is 9.10. The molecule has 72 valence electrons. The molecule has 13 heavy (non-hydrogen) atoms. The zero-order valence-corrected chi connectivity index (χ0v) is 9.42. The first kappa shape index (κ1) is 9.36. The number of morpholine rings is 1. The maximum absolute atomic E-state index is 5.39. The number of alkyl halides is 1. The predicted octanol–water partition coefficient (Wildman–Crippen LogP) is 1.14. The first-order valence-corrected chi connectivity index (χ1v) is 5.98. The van der Waals surface area contributed by atoms with Gasteiger partial charge in [0, 0.05) is 23.4 Å². The summed E-state index contributed by atoms with van der Waals surface area (Å²) in [6.07, 6.45) is 1.60. The molecule has 0 amide bonds. The minimum Gasteiger partial charge on any atom is -0.377 e. The normalized spacial score (nSPS) is 23.5. The number of anilines is 1. The van der Waals surface area contributed by atoms with Crippen molar-refractivity contribution in [2.45, 2.75) is 6.04 Å². The van der Waals surface area contributed by atoms with Gasteiger partial charge in [0.05, 0.1) is 19.3 Å². The molecule has 0 aliphatic carbocycles. The molecule has 0 N–H and O–H groups in total. The monoisotopic (exact) mass is 263 g/mol. The van der Waals surface area contributed by atoms with Crippen LogP contribution in [0.5, 0.6) is 0 Å². The largest absolute Gasteiger partial charge is 0.377 e. The van der Waals surface area contributed by atoms with Crippen LogP contribution in [0.25, 0.3) is 0 Å². The fourth-order valence-corrected chi connectivity index (χ4v) is 2.49. The summed E-state index contributed by atoms with van der Waals surface area (Å²) in [5.74, 6) is 0. The molecule has 0 saturated carbocycles. The van der Waals surface area contributed by atoms with Gasteiger partial charge in [-0.1, -0.05) is 15.9 Å². The van der Waals surface area contributed by atoms with E-state index in [0.29, 0.717) is 6.04 Å². The highest BCUT2D eigenvalue weighted by molar-refractivity contribution is 9.09. The van der Waals surface area contributed by atoms with E-state index in [0.717, 1.165) is 30.2 Å². The second-order valence-corrected chi connectivity index (χ2v) is 4.21. The summed E-state index contributed by atoms with van der Waals surface area (Å²) in [7, 11) is 0. The van der Waals surface area contributed by atoms with Crippen LogP contribution in [0.4, 0.5) is 5.13 Å². The molecule has 1 saturated heterocycles. The third kappa shape index (κ3) is 2.00. The molecular formula is C7H10BrN3OS. The lowest BCUT2D eigenvalue weighted by molar-refractivity contribution is 0.100. The quantitative estimate of drug-likeness (QED) is 0.751. The van der Waals surface area contributed by atoms with Crippen LogP contribution in [-0.4, -0.2) is 40.5 Å². The molecular weight excluding hydrogens is 254 g/mol. The van der Waals surface area contributed by atoms with E-state index in [1.165, 1.54) is 11.5 Å². The highest BCUT2D eigenvalue weighted by Crippen LogP contribution is 2.20. The van der Waals surface area contributed by atoms with Gasteiger partial charge in [0.15, 0.2) is 0 Å². The van der Waals surface area contributed by atoms with Gasteiger partial charge in [-0.15, -0.1) is 0 Å². The molecule has 1 atom stereocenters. The molecule has 2 heterocycles. The number of hydrogen-bond donors (Lipinski definition) is 0. The van der Waals surface area contributed by atoms with E-state index in [1.54, 1.807) is 6.33 Å². The van der Waals surface area contributed by atoms with E-state index in [4.69, 9.17) is 4.74 Å². The molecule has 0 spiro atoms. The number of halogens is 1. The molecule has 1 aliphatic rings. The van der Waals surface area contributed by atoms with Crippen molar-refractivity contribution in [3.05, 3.63) is 6.33 Å². The van der Waals surface area contributed by atoms with Crippen molar-refractivity contribution >= 4 is 32.6 Å². The number of hydrogen-bond acceptors (Lipinski definition) is 5. The van der Waals surface area contributed by atoms with Gasteiger partial charge in [-0.3, -0.25) is 0 Å². The Morgan fingerprint density at radius 1 is 1.77 bits per heavy atom. The molecule has 4 nitrogen and oxygen atoms in total. The average molecular weight is 264 g/mol. The summed E-state index contributed by atoms with van der Waals surface area (Å²) in [6.45, 7) is 2.46. The molecule has 0 bridgehead atoms. The summed E-state index contributed by atoms with van der Waals surface area (Å²) in [4.78, 5) is 6.44. The molecule has 1 fully saturated rings. The minimum atomic E-state index is 0.390. The molecule has 2 rings (SSSR count). The van der Waals surface area contributed by atoms with Crippen molar-refractivity contribution in [1.29, 1.82) is 0 Å². The molecule has 6 heteroatoms. The molecule has 1 unspecified atom stereocenters. The number of ether oxygens (including phenoxy) is 1. The van der Waals surface area contributed by atoms with Crippen LogP contribution in [0, 0.1) is 0 Å². The molecule has 1 aliphatic heterocycles. The molecule has 1 aromatic rings. The Labute approximate surface area is 89.2 Å². The van der Waals surface area contributed by atoms with Gasteiger partial charge in [0.1, 0.15) is 6.33 Å². The second kappa shape index (κ2) is 4.34. The lowest BCUT2D eigenvalue weighted by atomic mass is 10.3. The van der Waals surface area contributed by atoms with Crippen LogP contribution in [-0.2, 0) is 4.74 Å². The fraction of sp³-hybridized carbons (Fsp3) is 0.714. The van der Waals surface area contributed by atoms with Gasteiger partial charge in [-0.2, -0.15) is 4.37 Å². The first-order chi connectivity index (χ1) is 6.42. The Kier molecular flexibility index (Phi) is 3.13. The van der Waals surface area contributed by atoms with Crippen molar-refractivity contribution < 1.29 is 4.74 Å². The molecule has 1 aromatic heterocycles. The number of rotatable bonds is 2. The third-order valence-corrected chi connectivity index (χ3v) is 3.45. The Hall–Kier alpha value is -0.200. The minimum absolute atomic E-state index is 0.390. The topological polar surface area (TPSA) is 38.2 Å². The standard InChI is InChI=1S/C7H10BrN3OS/c8-3-6-4-12-2-1-11(6)7-9-5-10-13-7/h5-6H,1-4H2. The smallest absolute Gasteiger partial charge is 0.205 e. The average Bonchev–Trinajstić information content (AvgIpc) is 2.70. The van der Waals surface area contributed by atoms with Gasteiger partial charge in [0.25, 0.3) is 0 Å². The van der Waals surface area contributed by atoms with Gasteiger partial charge in [0.2, 0.25) is 5.13 Å². The number of aromatic nitrogens is 2. The van der Waals surface area contributed by atoms with Gasteiger partial charge >= 0.3 is 0 Å². The lowest BCUT2D eigenvalue weighted by Crippen LogP contribution is -2.46. The van der Waals surface area contributed by atoms with E-state index in [9.17, 15) is 0 Å². The summed E-state index contributed by atoms with van der Waals surface area (Å²) < 4.78 is 9.38. The Bertz CT molecular complexity index is 256. The van der Waals surface area contributed by atoms with E-state index >= 15 is 0 Å². The van der Waals surface area contributed by atoms with Gasteiger partial charge in [-0.05, 0) is 0 Å². The van der Waals surface area contributed by atoms with E-state index < -0.39 is 0 Å². The van der Waals surface area contributed by atoms with Crippen molar-refractivity contribution in [3.8, 4) is 0 Å². The van der Waals surface area contributed by atoms with Crippen molar-refractivity contribution in [3.63, 3.8) is 0 Å². The van der Waals surface area contributed by atoms with Crippen LogP contribution in [0.15, 0.2) is 6.33 Å². The van der Waals surface area contributed by atoms with Crippen molar-refractivity contribution in [1.82, 2.24) is 9.36 Å². The predicted molar refractivity (Wildman–Crippen MR) is 55.7 cm³/mol. The summed E-state index contributed by atoms with van der Waals surface area (Å²) in [5, 5.41) is 1.90. The third-order valence-electron chi connectivity index (χ3n) is 2.00. The van der Waals surface area contributed by atoms with Gasteiger partial charge in [-0.25, -0.2) is 4.98 Å². The van der Waals surface area contributed by atoms with Crippen LogP contribution < -0.4 is 4.90 Å². The van der Waals surface area contributed by atoms with E-state index in [1.807, 2.05) is 0 Å². The second-order valence-electron chi connectivity index (χ2n) is 2.80. The van der Waals surface area contributed by atoms with Gasteiger partial charge < -0.3 is 9.64 Å². The SMILES string of the molecule is BrCC1COCCN1c1ncns1. The lowest BCUT2D eigenvalue weighted by Gasteiger charge is -2.33. The van der Waals surface area contributed by atoms with Crippen LogP contribution in [0.3, 0.4) is 0 Å². The Morgan fingerprint density at radius 3 is 3.38 bits per heavy atom. The maximum atomic E-state index is 5.39. The maximum Gasteiger partial charge on any atom is 0.205 e. The summed E-state index contributed by atoms with van der Waals surface area (Å²) in [5.41, 5.74) is 0. The number of nitrogens with zero attached hydrogens (tertiary/aromatic N) is 3. The van der Waals surface area contributed by atoms with E-state index in [-0.39, 0.29) is 0 Å². The summed E-state index contributed by atoms with van der Waals surface area (Å²) in [6, 6.07) is 0.390. The highest BCUT2D eigenvalue weighted by Gasteiger charge is 2.23. The Balaban J connectivity index is 2.11. The fourth-order valence-electron chi connectivity index (χ4n) is 1.33. The zero-order valence-electron chi connectivity index (χ0n) is 7.02. The van der Waals surface area contributed by atoms with Crippen molar-refractivity contribution in [2.75, 3.05) is 30.0 Å². The first-order valence-electron chi connectivity index (χ1n) is 4.09.